The number of fused-ring (bicyclic) bond motifs is 1. The average Bonchev–Trinajstić information content (AvgIpc) is 2.80. The van der Waals surface area contributed by atoms with Gasteiger partial charge in [0.2, 0.25) is 11.9 Å². The standard InChI is InChI=1S/C21H27N7O4S/c1-16(29)24-17-5-6-18-19(15-17)33(31,32)28(21(30)25(18)2)10-4-9-26-11-13-27(14-12-26)20-22-7-3-8-23-20/h3,5-8,15H,4,9-14H2,1-2H3,(H,24,29). The molecule has 2 aromatic rings. The van der Waals surface area contributed by atoms with Crippen LogP contribution in [0.5, 0.6) is 0 Å². The third-order valence-corrected chi connectivity index (χ3v) is 7.55. The number of carbonyl (C=O) groups is 2. The molecule has 1 aromatic heterocycles. The van der Waals surface area contributed by atoms with Gasteiger partial charge in [0.15, 0.2) is 0 Å². The Kier molecular flexibility index (Phi) is 6.47. The summed E-state index contributed by atoms with van der Waals surface area (Å²) < 4.78 is 27.3. The molecule has 2 aliphatic heterocycles. The second-order valence-electron chi connectivity index (χ2n) is 8.01. The van der Waals surface area contributed by atoms with E-state index in [9.17, 15) is 18.0 Å². The van der Waals surface area contributed by atoms with Crippen LogP contribution < -0.4 is 15.1 Å². The highest BCUT2D eigenvalue weighted by atomic mass is 32.2. The molecule has 12 heteroatoms. The van der Waals surface area contributed by atoms with Gasteiger partial charge in [-0.3, -0.25) is 14.6 Å². The van der Waals surface area contributed by atoms with Crippen LogP contribution in [0.15, 0.2) is 41.6 Å². The second-order valence-corrected chi connectivity index (χ2v) is 9.84. The molecule has 1 N–H and O–H groups in total. The highest BCUT2D eigenvalue weighted by Crippen LogP contribution is 2.35. The van der Waals surface area contributed by atoms with E-state index in [2.05, 4.69) is 25.1 Å². The van der Waals surface area contributed by atoms with Gasteiger partial charge in [-0.1, -0.05) is 0 Å². The summed E-state index contributed by atoms with van der Waals surface area (Å²) in [5.74, 6) is 0.408. The quantitative estimate of drug-likeness (QED) is 0.665. The van der Waals surface area contributed by atoms with Gasteiger partial charge in [-0.15, -0.1) is 0 Å². The van der Waals surface area contributed by atoms with E-state index in [1.165, 1.54) is 24.0 Å². The van der Waals surface area contributed by atoms with Crippen molar-refractivity contribution in [2.75, 3.05) is 61.4 Å². The number of hydrogen-bond acceptors (Lipinski definition) is 8. The van der Waals surface area contributed by atoms with E-state index in [0.717, 1.165) is 30.5 Å². The number of anilines is 3. The first-order chi connectivity index (χ1) is 15.8. The van der Waals surface area contributed by atoms with Gasteiger partial charge in [0.1, 0.15) is 4.90 Å². The Labute approximate surface area is 193 Å². The minimum Gasteiger partial charge on any atom is -0.338 e. The smallest absolute Gasteiger partial charge is 0.338 e. The molecule has 11 nitrogen and oxygen atoms in total. The molecule has 4 rings (SSSR count). The van der Waals surface area contributed by atoms with Crippen molar-refractivity contribution in [1.82, 2.24) is 19.2 Å². The lowest BCUT2D eigenvalue weighted by Gasteiger charge is -2.36. The van der Waals surface area contributed by atoms with Crippen molar-refractivity contribution in [1.29, 1.82) is 0 Å². The molecule has 1 fully saturated rings. The van der Waals surface area contributed by atoms with Gasteiger partial charge in [0.05, 0.1) is 5.69 Å². The predicted molar refractivity (Wildman–Crippen MR) is 124 cm³/mol. The number of nitrogens with one attached hydrogen (secondary N) is 1. The molecule has 3 heterocycles. The van der Waals surface area contributed by atoms with Crippen LogP contribution >= 0.6 is 0 Å². The largest absolute Gasteiger partial charge is 0.338 e. The second kappa shape index (κ2) is 9.32. The number of carbonyl (C=O) groups excluding carboxylic acids is 2. The van der Waals surface area contributed by atoms with E-state index in [4.69, 9.17) is 0 Å². The summed E-state index contributed by atoms with van der Waals surface area (Å²) in [7, 11) is -2.48. The number of aromatic nitrogens is 2. The topological polar surface area (TPSA) is 119 Å². The Balaban J connectivity index is 1.38. The zero-order chi connectivity index (χ0) is 23.6. The maximum absolute atomic E-state index is 13.2. The lowest BCUT2D eigenvalue weighted by molar-refractivity contribution is -0.114. The van der Waals surface area contributed by atoms with Crippen molar-refractivity contribution in [3.63, 3.8) is 0 Å². The van der Waals surface area contributed by atoms with Gasteiger partial charge in [-0.25, -0.2) is 27.5 Å². The zero-order valence-electron chi connectivity index (χ0n) is 18.6. The molecule has 0 unspecified atom stereocenters. The normalized spacial score (nSPS) is 18.2. The summed E-state index contributed by atoms with van der Waals surface area (Å²) in [5.41, 5.74) is 0.664. The number of rotatable bonds is 6. The first kappa shape index (κ1) is 22.9. The van der Waals surface area contributed by atoms with Gasteiger partial charge < -0.3 is 10.2 Å². The highest BCUT2D eigenvalue weighted by molar-refractivity contribution is 7.90. The zero-order valence-corrected chi connectivity index (χ0v) is 19.5. The molecule has 0 radical (unpaired) electrons. The molecule has 0 bridgehead atoms. The van der Waals surface area contributed by atoms with Crippen LogP contribution in [0, 0.1) is 0 Å². The van der Waals surface area contributed by atoms with Gasteiger partial charge in [0.25, 0.3) is 10.0 Å². The third-order valence-electron chi connectivity index (χ3n) is 5.75. The van der Waals surface area contributed by atoms with Crippen molar-refractivity contribution < 1.29 is 18.0 Å². The summed E-state index contributed by atoms with van der Waals surface area (Å²) in [4.78, 5) is 38.4. The SMILES string of the molecule is CC(=O)Nc1ccc2c(c1)S(=O)(=O)N(CCCN1CCN(c3ncccn3)CC1)C(=O)N2C. The first-order valence-corrected chi connectivity index (χ1v) is 12.2. The lowest BCUT2D eigenvalue weighted by atomic mass is 10.2. The van der Waals surface area contributed by atoms with E-state index in [-0.39, 0.29) is 17.3 Å². The maximum atomic E-state index is 13.2. The molecule has 1 aromatic carbocycles. The van der Waals surface area contributed by atoms with Gasteiger partial charge in [-0.2, -0.15) is 0 Å². The van der Waals surface area contributed by atoms with E-state index in [0.29, 0.717) is 30.3 Å². The van der Waals surface area contributed by atoms with Gasteiger partial charge in [-0.05, 0) is 30.7 Å². The number of piperazine rings is 1. The fourth-order valence-corrected chi connectivity index (χ4v) is 5.73. The Morgan fingerprint density at radius 3 is 2.45 bits per heavy atom. The molecule has 1 saturated heterocycles. The molecule has 0 spiro atoms. The van der Waals surface area contributed by atoms with Crippen LogP contribution in [0.1, 0.15) is 13.3 Å². The minimum atomic E-state index is -4.02. The monoisotopic (exact) mass is 473 g/mol. The Hall–Kier alpha value is -3.25. The number of amides is 3. The van der Waals surface area contributed by atoms with Crippen LogP contribution in [0.4, 0.5) is 22.1 Å². The van der Waals surface area contributed by atoms with Crippen LogP contribution in [-0.2, 0) is 14.8 Å². The van der Waals surface area contributed by atoms with Crippen molar-refractivity contribution in [3.8, 4) is 0 Å². The molecule has 0 saturated carbocycles. The van der Waals surface area contributed by atoms with Crippen LogP contribution in [0.3, 0.4) is 0 Å². The van der Waals surface area contributed by atoms with Crippen molar-refractivity contribution >= 4 is 39.3 Å². The van der Waals surface area contributed by atoms with Crippen molar-refractivity contribution in [2.24, 2.45) is 0 Å². The summed E-state index contributed by atoms with van der Waals surface area (Å²) in [6.07, 6.45) is 3.96. The minimum absolute atomic E-state index is 0.00678. The lowest BCUT2D eigenvalue weighted by Crippen LogP contribution is -2.50. The Morgan fingerprint density at radius 2 is 1.79 bits per heavy atom. The average molecular weight is 474 g/mol. The molecule has 3 amide bonds. The molecular weight excluding hydrogens is 446 g/mol. The molecule has 176 valence electrons. The van der Waals surface area contributed by atoms with E-state index in [1.54, 1.807) is 31.6 Å². The molecule has 2 aliphatic rings. The molecular formula is C21H27N7O4S. The van der Waals surface area contributed by atoms with Crippen molar-refractivity contribution in [3.05, 3.63) is 36.7 Å². The summed E-state index contributed by atoms with van der Waals surface area (Å²) >= 11 is 0. The molecule has 0 atom stereocenters. The van der Waals surface area contributed by atoms with E-state index >= 15 is 0 Å². The van der Waals surface area contributed by atoms with Crippen molar-refractivity contribution in [2.45, 2.75) is 18.2 Å². The Bertz CT molecular complexity index is 1130. The van der Waals surface area contributed by atoms with E-state index in [1.807, 2.05) is 0 Å². The summed E-state index contributed by atoms with van der Waals surface area (Å²) in [6, 6.07) is 5.71. The number of benzene rings is 1. The summed E-state index contributed by atoms with van der Waals surface area (Å²) in [5, 5.41) is 2.59. The third kappa shape index (κ3) is 4.76. The highest BCUT2D eigenvalue weighted by Gasteiger charge is 2.40. The van der Waals surface area contributed by atoms with Crippen LogP contribution in [-0.4, -0.2) is 85.8 Å². The fraction of sp³-hybridized carbons (Fsp3) is 0.429. The van der Waals surface area contributed by atoms with Crippen LogP contribution in [0.25, 0.3) is 0 Å². The first-order valence-electron chi connectivity index (χ1n) is 10.7. The number of hydrogen-bond donors (Lipinski definition) is 1. The molecule has 0 aliphatic carbocycles. The number of urea groups is 1. The van der Waals surface area contributed by atoms with Crippen LogP contribution in [0.2, 0.25) is 0 Å². The number of nitrogens with zero attached hydrogens (tertiary/aromatic N) is 6. The van der Waals surface area contributed by atoms with Gasteiger partial charge >= 0.3 is 6.03 Å². The maximum Gasteiger partial charge on any atom is 0.338 e. The van der Waals surface area contributed by atoms with E-state index < -0.39 is 16.1 Å². The predicted octanol–water partition coefficient (Wildman–Crippen LogP) is 1.21. The van der Waals surface area contributed by atoms with Gasteiger partial charge in [0, 0.05) is 71.3 Å². The fourth-order valence-electron chi connectivity index (χ4n) is 4.05. The Morgan fingerprint density at radius 1 is 1.09 bits per heavy atom. The number of sulfonamides is 1. The summed E-state index contributed by atoms with van der Waals surface area (Å²) in [6.45, 7) is 5.29. The molecule has 33 heavy (non-hydrogen) atoms.